The Morgan fingerprint density at radius 2 is 1.95 bits per heavy atom. The van der Waals surface area contributed by atoms with Crippen molar-refractivity contribution in [2.24, 2.45) is 4.99 Å². The predicted octanol–water partition coefficient (Wildman–Crippen LogP) is 6.13. The molecule has 0 atom stereocenters. The van der Waals surface area contributed by atoms with Crippen molar-refractivity contribution >= 4 is 17.9 Å². The summed E-state index contributed by atoms with van der Waals surface area (Å²) in [6.45, 7) is 10.8. The first-order valence-corrected chi connectivity index (χ1v) is 11.8. The third-order valence-electron chi connectivity index (χ3n) is 4.97. The Balaban J connectivity index is 2.26. The van der Waals surface area contributed by atoms with Gasteiger partial charge in [-0.15, -0.1) is 13.2 Å². The lowest BCUT2D eigenvalue weighted by Crippen LogP contribution is -2.16. The molecule has 0 radical (unpaired) electrons. The van der Waals surface area contributed by atoms with Crippen LogP contribution in [0.2, 0.25) is 0 Å². The summed E-state index contributed by atoms with van der Waals surface area (Å²) in [6.07, 6.45) is 4.72. The van der Waals surface area contributed by atoms with Crippen LogP contribution in [0.25, 0.3) is 17.1 Å². The van der Waals surface area contributed by atoms with Crippen LogP contribution >= 0.6 is 0 Å². The molecule has 0 aliphatic rings. The van der Waals surface area contributed by atoms with Crippen LogP contribution < -0.4 is 4.74 Å². The van der Waals surface area contributed by atoms with Crippen molar-refractivity contribution in [3.8, 4) is 17.1 Å². The fourth-order valence-electron chi connectivity index (χ4n) is 3.16. The number of alkyl halides is 3. The summed E-state index contributed by atoms with van der Waals surface area (Å²) in [5.74, 6) is -0.380. The van der Waals surface area contributed by atoms with E-state index in [0.717, 1.165) is 0 Å². The normalized spacial score (nSPS) is 12.9. The molecule has 9 nitrogen and oxygen atoms in total. The Morgan fingerprint density at radius 1 is 1.25 bits per heavy atom. The fraction of sp³-hybridized carbons (Fsp3) is 0.250. The van der Waals surface area contributed by atoms with Crippen LogP contribution in [-0.4, -0.2) is 53.5 Å². The molecule has 2 aromatic rings. The van der Waals surface area contributed by atoms with E-state index in [4.69, 9.17) is 19.3 Å². The minimum absolute atomic E-state index is 0.0815. The highest BCUT2D eigenvalue weighted by Gasteiger charge is 2.31. The Bertz CT molecular complexity index is 1310. The number of allylic oxidation sites excluding steroid dienone is 5. The maximum Gasteiger partial charge on any atom is 0.573 e. The first-order valence-electron chi connectivity index (χ1n) is 11.8. The van der Waals surface area contributed by atoms with E-state index in [1.165, 1.54) is 43.7 Å². The van der Waals surface area contributed by atoms with E-state index in [9.17, 15) is 18.0 Å². The van der Waals surface area contributed by atoms with Crippen molar-refractivity contribution in [2.45, 2.75) is 26.8 Å². The molecular weight excluding hydrogens is 531 g/mol. The van der Waals surface area contributed by atoms with Gasteiger partial charge in [0.15, 0.2) is 6.61 Å². The molecule has 0 amide bonds. The molecule has 214 valence electrons. The third kappa shape index (κ3) is 10.3. The fourth-order valence-corrected chi connectivity index (χ4v) is 3.16. The zero-order valence-electron chi connectivity index (χ0n) is 22.3. The van der Waals surface area contributed by atoms with Crippen molar-refractivity contribution in [2.75, 3.05) is 20.3 Å². The molecule has 0 saturated carbocycles. The number of ether oxygens (including phenoxy) is 4. The van der Waals surface area contributed by atoms with Crippen LogP contribution in [0.5, 0.6) is 5.75 Å². The average molecular weight is 562 g/mol. The van der Waals surface area contributed by atoms with Crippen LogP contribution in [0.3, 0.4) is 0 Å². The monoisotopic (exact) mass is 561 g/mol. The number of benzene rings is 1. The van der Waals surface area contributed by atoms with Gasteiger partial charge in [0.2, 0.25) is 5.88 Å². The molecule has 0 saturated heterocycles. The number of rotatable bonds is 15. The molecule has 0 fully saturated rings. The Hall–Kier alpha value is -4.58. The number of nitrogens with zero attached hydrogens (tertiary/aromatic N) is 3. The molecular formula is C28H30F3N3O6. The van der Waals surface area contributed by atoms with Gasteiger partial charge in [-0.05, 0) is 55.8 Å². The van der Waals surface area contributed by atoms with Crippen molar-refractivity contribution in [1.82, 2.24) is 9.55 Å². The van der Waals surface area contributed by atoms with E-state index in [1.807, 2.05) is 0 Å². The molecule has 2 rings (SSSR count). The molecule has 1 aromatic carbocycles. The van der Waals surface area contributed by atoms with Crippen molar-refractivity contribution in [3.05, 3.63) is 90.8 Å². The second-order valence-electron chi connectivity index (χ2n) is 7.93. The average Bonchev–Trinajstić information content (AvgIpc) is 3.33. The van der Waals surface area contributed by atoms with E-state index >= 15 is 0 Å². The van der Waals surface area contributed by atoms with Gasteiger partial charge in [-0.2, -0.15) is 0 Å². The lowest BCUT2D eigenvalue weighted by Gasteiger charge is -2.10. The highest BCUT2D eigenvalue weighted by atomic mass is 19.4. The number of halogens is 3. The van der Waals surface area contributed by atoms with Crippen molar-refractivity contribution < 1.29 is 42.0 Å². The van der Waals surface area contributed by atoms with Gasteiger partial charge in [0, 0.05) is 11.8 Å². The van der Waals surface area contributed by atoms with Gasteiger partial charge in [0.1, 0.15) is 17.3 Å². The molecule has 0 bridgehead atoms. The van der Waals surface area contributed by atoms with E-state index in [-0.39, 0.29) is 19.0 Å². The molecule has 1 heterocycles. The summed E-state index contributed by atoms with van der Waals surface area (Å²) in [5, 5.41) is 8.84. The number of aromatic nitrogens is 2. The van der Waals surface area contributed by atoms with Gasteiger partial charge in [-0.3, -0.25) is 4.57 Å². The second-order valence-corrected chi connectivity index (χ2v) is 7.93. The summed E-state index contributed by atoms with van der Waals surface area (Å²) < 4.78 is 59.3. The number of carbonyl (C=O) groups is 1. The molecule has 0 unspecified atom stereocenters. The Labute approximate surface area is 229 Å². The first kappa shape index (κ1) is 31.6. The predicted molar refractivity (Wildman–Crippen MR) is 144 cm³/mol. The van der Waals surface area contributed by atoms with Crippen LogP contribution in [-0.2, 0) is 25.6 Å². The summed E-state index contributed by atoms with van der Waals surface area (Å²) in [6, 6.07) is 5.26. The van der Waals surface area contributed by atoms with E-state index < -0.39 is 18.9 Å². The molecule has 1 N–H and O–H groups in total. The number of carboxylic acid groups (broad SMARTS) is 1. The number of hydrogen-bond acceptors (Lipinski definition) is 7. The second kappa shape index (κ2) is 15.1. The number of hydrogen-bond donors (Lipinski definition) is 1. The lowest BCUT2D eigenvalue weighted by molar-refractivity contribution is -0.274. The Kier molecular flexibility index (Phi) is 12.0. The zero-order chi connectivity index (χ0) is 29.7. The van der Waals surface area contributed by atoms with Gasteiger partial charge in [-0.25, -0.2) is 14.8 Å². The summed E-state index contributed by atoms with van der Waals surface area (Å²) in [5.41, 5.74) is 2.06. The summed E-state index contributed by atoms with van der Waals surface area (Å²) in [4.78, 5) is 19.6. The van der Waals surface area contributed by atoms with Crippen LogP contribution in [0.1, 0.15) is 19.5 Å². The molecule has 0 aliphatic heterocycles. The van der Waals surface area contributed by atoms with Crippen molar-refractivity contribution in [3.63, 3.8) is 0 Å². The molecule has 0 spiro atoms. The number of aliphatic imine (C=N–C) groups is 1. The van der Waals surface area contributed by atoms with Crippen LogP contribution in [0.4, 0.5) is 13.2 Å². The minimum Gasteiger partial charge on any atom is -0.482 e. The smallest absolute Gasteiger partial charge is 0.482 e. The third-order valence-corrected chi connectivity index (χ3v) is 4.97. The van der Waals surface area contributed by atoms with Gasteiger partial charge in [0.05, 0.1) is 37.9 Å². The molecule has 1 aromatic heterocycles. The van der Waals surface area contributed by atoms with Crippen LogP contribution in [0.15, 0.2) is 90.1 Å². The zero-order valence-corrected chi connectivity index (χ0v) is 22.3. The van der Waals surface area contributed by atoms with Gasteiger partial charge < -0.3 is 24.1 Å². The number of carboxylic acids is 1. The highest BCUT2D eigenvalue weighted by molar-refractivity contribution is 6.02. The first-order chi connectivity index (χ1) is 19.0. The summed E-state index contributed by atoms with van der Waals surface area (Å²) >= 11 is 0. The van der Waals surface area contributed by atoms with E-state index in [1.54, 1.807) is 42.8 Å². The summed E-state index contributed by atoms with van der Waals surface area (Å²) in [7, 11) is 1.47. The van der Waals surface area contributed by atoms with E-state index in [2.05, 4.69) is 27.9 Å². The number of imidazole rings is 1. The highest BCUT2D eigenvalue weighted by Crippen LogP contribution is 2.27. The molecule has 40 heavy (non-hydrogen) atoms. The Morgan fingerprint density at radius 3 is 2.52 bits per heavy atom. The number of methoxy groups -OCH3 is 1. The lowest BCUT2D eigenvalue weighted by atomic mass is 10.2. The quantitative estimate of drug-likeness (QED) is 0.121. The van der Waals surface area contributed by atoms with Crippen molar-refractivity contribution in [1.29, 1.82) is 0 Å². The minimum atomic E-state index is -4.81. The SMILES string of the molecule is C=C/C=C(OCC(=O)O)\C(C)=C/COCc1cn(C(=C)/C=N\C(=C/C)OC)c(-c2ccc(OC(F)(F)F)cc2)n1. The molecule has 12 heteroatoms. The standard InChI is InChI=1S/C28H30F3N3O6/c1-6-8-24(39-18-26(35)36)19(3)13-14-38-17-22-16-34(20(4)15-32-25(7-2)37-5)27(33-22)21-9-11-23(12-10-21)40-28(29,30)31/h6-13,15-16H,1,4,14,17-18H2,2-3,5H3,(H,35,36)/b19-13-,24-8+,25-7+,32-15-. The maximum absolute atomic E-state index is 12.6. The topological polar surface area (TPSA) is 104 Å². The maximum atomic E-state index is 12.6. The van der Waals surface area contributed by atoms with Gasteiger partial charge >= 0.3 is 12.3 Å². The van der Waals surface area contributed by atoms with E-state index in [0.29, 0.717) is 40.0 Å². The van der Waals surface area contributed by atoms with Crippen LogP contribution in [0, 0.1) is 0 Å². The largest absolute Gasteiger partial charge is 0.573 e. The number of aliphatic carboxylic acids is 1. The van der Waals surface area contributed by atoms with Gasteiger partial charge in [-0.1, -0.05) is 25.3 Å². The van der Waals surface area contributed by atoms with Gasteiger partial charge in [0.25, 0.3) is 0 Å². The molecule has 0 aliphatic carbocycles.